The topological polar surface area (TPSA) is 44.5 Å². The summed E-state index contributed by atoms with van der Waals surface area (Å²) in [5.41, 5.74) is 7.26. The molecule has 0 saturated heterocycles. The Balaban J connectivity index is 2.98. The van der Waals surface area contributed by atoms with Gasteiger partial charge in [0.15, 0.2) is 11.5 Å². The maximum atomic E-state index is 6.17. The fourth-order valence-corrected chi connectivity index (χ4v) is 1.64. The Kier molecular flexibility index (Phi) is 4.62. The van der Waals surface area contributed by atoms with E-state index in [2.05, 4.69) is 13.8 Å². The first-order valence-corrected chi connectivity index (χ1v) is 5.61. The number of hydrogen-bond donors (Lipinski definition) is 1. The molecule has 1 aromatic carbocycles. The van der Waals surface area contributed by atoms with Crippen LogP contribution in [0.3, 0.4) is 0 Å². The average molecular weight is 223 g/mol. The average Bonchev–Trinajstić information content (AvgIpc) is 2.35. The van der Waals surface area contributed by atoms with Gasteiger partial charge >= 0.3 is 0 Å². The maximum absolute atomic E-state index is 6.17. The second-order valence-corrected chi connectivity index (χ2v) is 4.03. The van der Waals surface area contributed by atoms with Gasteiger partial charge < -0.3 is 15.2 Å². The zero-order valence-electron chi connectivity index (χ0n) is 10.5. The van der Waals surface area contributed by atoms with Crippen molar-refractivity contribution < 1.29 is 9.47 Å². The minimum atomic E-state index is 0.0461. The Bertz CT molecular complexity index is 339. The van der Waals surface area contributed by atoms with E-state index in [4.69, 9.17) is 15.2 Å². The van der Waals surface area contributed by atoms with Crippen molar-refractivity contribution >= 4 is 0 Å². The zero-order chi connectivity index (χ0) is 12.1. The van der Waals surface area contributed by atoms with E-state index in [0.29, 0.717) is 5.92 Å². The van der Waals surface area contributed by atoms with Crippen molar-refractivity contribution in [2.75, 3.05) is 14.2 Å². The Hall–Kier alpha value is -1.22. The number of ether oxygens (including phenoxy) is 2. The number of benzene rings is 1. The van der Waals surface area contributed by atoms with Crippen LogP contribution in [0.1, 0.15) is 31.9 Å². The molecule has 0 fully saturated rings. The molecule has 0 heterocycles. The third-order valence-corrected chi connectivity index (χ3v) is 3.05. The highest BCUT2D eigenvalue weighted by Crippen LogP contribution is 2.31. The van der Waals surface area contributed by atoms with Crippen LogP contribution in [-0.4, -0.2) is 14.2 Å². The summed E-state index contributed by atoms with van der Waals surface area (Å²) in [5.74, 6) is 1.93. The SMILES string of the molecule is CCC(C)[C@H](N)c1ccc(OC)c(OC)c1. The van der Waals surface area contributed by atoms with E-state index in [1.807, 2.05) is 18.2 Å². The summed E-state index contributed by atoms with van der Waals surface area (Å²) in [6.07, 6.45) is 1.06. The van der Waals surface area contributed by atoms with Gasteiger partial charge in [-0.25, -0.2) is 0 Å². The molecule has 1 unspecified atom stereocenters. The van der Waals surface area contributed by atoms with Crippen LogP contribution in [0.25, 0.3) is 0 Å². The number of methoxy groups -OCH3 is 2. The van der Waals surface area contributed by atoms with Crippen molar-refractivity contribution in [3.63, 3.8) is 0 Å². The van der Waals surface area contributed by atoms with E-state index < -0.39 is 0 Å². The van der Waals surface area contributed by atoms with Crippen molar-refractivity contribution in [1.29, 1.82) is 0 Å². The van der Waals surface area contributed by atoms with E-state index in [1.165, 1.54) is 0 Å². The number of rotatable bonds is 5. The van der Waals surface area contributed by atoms with Gasteiger partial charge in [0.05, 0.1) is 14.2 Å². The van der Waals surface area contributed by atoms with Crippen molar-refractivity contribution in [3.05, 3.63) is 23.8 Å². The van der Waals surface area contributed by atoms with Crippen LogP contribution in [0, 0.1) is 5.92 Å². The maximum Gasteiger partial charge on any atom is 0.161 e. The predicted octanol–water partition coefficient (Wildman–Crippen LogP) is 2.75. The molecule has 1 rings (SSSR count). The van der Waals surface area contributed by atoms with Gasteiger partial charge in [-0.1, -0.05) is 26.3 Å². The third-order valence-electron chi connectivity index (χ3n) is 3.05. The first-order valence-electron chi connectivity index (χ1n) is 5.61. The largest absolute Gasteiger partial charge is 0.493 e. The van der Waals surface area contributed by atoms with Crippen LogP contribution in [0.5, 0.6) is 11.5 Å². The van der Waals surface area contributed by atoms with Crippen LogP contribution < -0.4 is 15.2 Å². The normalized spacial score (nSPS) is 14.3. The molecule has 90 valence electrons. The molecule has 16 heavy (non-hydrogen) atoms. The standard InChI is InChI=1S/C13H21NO2/c1-5-9(2)13(14)10-6-7-11(15-3)12(8-10)16-4/h6-9,13H,5,14H2,1-4H3/t9?,13-/m0/s1. The summed E-state index contributed by atoms with van der Waals surface area (Å²) >= 11 is 0. The molecule has 0 amide bonds. The van der Waals surface area contributed by atoms with Gasteiger partial charge in [0, 0.05) is 6.04 Å². The zero-order valence-corrected chi connectivity index (χ0v) is 10.5. The van der Waals surface area contributed by atoms with Crippen LogP contribution in [-0.2, 0) is 0 Å². The van der Waals surface area contributed by atoms with E-state index in [1.54, 1.807) is 14.2 Å². The minimum Gasteiger partial charge on any atom is -0.493 e. The van der Waals surface area contributed by atoms with Crippen LogP contribution in [0.15, 0.2) is 18.2 Å². The fraction of sp³-hybridized carbons (Fsp3) is 0.538. The molecule has 0 spiro atoms. The van der Waals surface area contributed by atoms with E-state index in [9.17, 15) is 0 Å². The first-order chi connectivity index (χ1) is 7.63. The van der Waals surface area contributed by atoms with E-state index >= 15 is 0 Å². The lowest BCUT2D eigenvalue weighted by Gasteiger charge is -2.20. The predicted molar refractivity (Wildman–Crippen MR) is 65.9 cm³/mol. The van der Waals surface area contributed by atoms with Crippen molar-refractivity contribution in [2.24, 2.45) is 11.7 Å². The van der Waals surface area contributed by atoms with Crippen molar-refractivity contribution in [3.8, 4) is 11.5 Å². The lowest BCUT2D eigenvalue weighted by Crippen LogP contribution is -2.18. The fourth-order valence-electron chi connectivity index (χ4n) is 1.64. The smallest absolute Gasteiger partial charge is 0.161 e. The molecule has 2 atom stereocenters. The molecule has 2 N–H and O–H groups in total. The molecule has 3 nitrogen and oxygen atoms in total. The summed E-state index contributed by atoms with van der Waals surface area (Å²) < 4.78 is 10.5. The van der Waals surface area contributed by atoms with Crippen LogP contribution in [0.4, 0.5) is 0 Å². The van der Waals surface area contributed by atoms with Gasteiger partial charge in [0.2, 0.25) is 0 Å². The molecule has 0 bridgehead atoms. The van der Waals surface area contributed by atoms with Gasteiger partial charge in [-0.2, -0.15) is 0 Å². The third kappa shape index (κ3) is 2.67. The Morgan fingerprint density at radius 2 is 1.81 bits per heavy atom. The minimum absolute atomic E-state index is 0.0461. The molecule has 0 radical (unpaired) electrons. The Morgan fingerprint density at radius 3 is 2.31 bits per heavy atom. The number of nitrogens with two attached hydrogens (primary N) is 1. The molecule has 3 heteroatoms. The monoisotopic (exact) mass is 223 g/mol. The highest BCUT2D eigenvalue weighted by atomic mass is 16.5. The quantitative estimate of drug-likeness (QED) is 0.834. The van der Waals surface area contributed by atoms with Gasteiger partial charge in [-0.05, 0) is 23.6 Å². The van der Waals surface area contributed by atoms with E-state index in [-0.39, 0.29) is 6.04 Å². The Labute approximate surface area is 97.6 Å². The molecular formula is C13H21NO2. The van der Waals surface area contributed by atoms with Crippen LogP contribution in [0.2, 0.25) is 0 Å². The summed E-state index contributed by atoms with van der Waals surface area (Å²) in [6, 6.07) is 5.90. The molecule has 0 aliphatic heterocycles. The number of hydrogen-bond acceptors (Lipinski definition) is 3. The lowest BCUT2D eigenvalue weighted by atomic mass is 9.93. The molecule has 1 aromatic rings. The summed E-state index contributed by atoms with van der Waals surface area (Å²) in [6.45, 7) is 4.30. The van der Waals surface area contributed by atoms with Gasteiger partial charge in [-0.15, -0.1) is 0 Å². The van der Waals surface area contributed by atoms with Crippen molar-refractivity contribution in [2.45, 2.75) is 26.3 Å². The first kappa shape index (κ1) is 12.8. The molecule has 0 aliphatic rings. The van der Waals surface area contributed by atoms with Crippen LogP contribution >= 0.6 is 0 Å². The van der Waals surface area contributed by atoms with Gasteiger partial charge in [-0.3, -0.25) is 0 Å². The van der Waals surface area contributed by atoms with Gasteiger partial charge in [0.1, 0.15) is 0 Å². The molecular weight excluding hydrogens is 202 g/mol. The molecule has 0 aromatic heterocycles. The second-order valence-electron chi connectivity index (χ2n) is 4.03. The molecule has 0 saturated carbocycles. The highest BCUT2D eigenvalue weighted by Gasteiger charge is 2.15. The Morgan fingerprint density at radius 1 is 1.19 bits per heavy atom. The summed E-state index contributed by atoms with van der Waals surface area (Å²) in [4.78, 5) is 0. The molecule has 0 aliphatic carbocycles. The van der Waals surface area contributed by atoms with Crippen molar-refractivity contribution in [1.82, 2.24) is 0 Å². The lowest BCUT2D eigenvalue weighted by molar-refractivity contribution is 0.353. The summed E-state index contributed by atoms with van der Waals surface area (Å²) in [7, 11) is 3.27. The van der Waals surface area contributed by atoms with Gasteiger partial charge in [0.25, 0.3) is 0 Å². The highest BCUT2D eigenvalue weighted by molar-refractivity contribution is 5.43. The summed E-state index contributed by atoms with van der Waals surface area (Å²) in [5, 5.41) is 0. The second kappa shape index (κ2) is 5.75. The van der Waals surface area contributed by atoms with E-state index in [0.717, 1.165) is 23.5 Å².